The summed E-state index contributed by atoms with van der Waals surface area (Å²) in [7, 11) is -4.10. The van der Waals surface area contributed by atoms with Crippen molar-refractivity contribution >= 4 is 27.5 Å². The van der Waals surface area contributed by atoms with E-state index in [4.69, 9.17) is 0 Å². The van der Waals surface area contributed by atoms with Gasteiger partial charge in [-0.2, -0.15) is 0 Å². The summed E-state index contributed by atoms with van der Waals surface area (Å²) in [5.41, 5.74) is 3.41. The number of carbonyl (C=O) groups is 2. The molecule has 1 atom stereocenters. The van der Waals surface area contributed by atoms with Crippen molar-refractivity contribution in [3.63, 3.8) is 0 Å². The molecule has 0 heterocycles. The highest BCUT2D eigenvalue weighted by Gasteiger charge is 2.33. The third-order valence-corrected chi connectivity index (χ3v) is 8.03. The lowest BCUT2D eigenvalue weighted by Crippen LogP contribution is -2.54. The molecule has 3 aromatic rings. The Labute approximate surface area is 232 Å². The molecule has 0 aliphatic heterocycles. The minimum atomic E-state index is -4.10. The Bertz CT molecular complexity index is 1390. The standard InChI is InChI=1S/C31H39N3O4S/c1-22-13-15-28(16-14-22)39(37,38)34(27-18-23(2)17-24(3)19-27)21-29(35)33(20-26-11-9-8-10-12-26)25(4)30(36)32-31(5,6)7/h8-19,25H,20-21H2,1-7H3,(H,32,36). The van der Waals surface area contributed by atoms with E-state index in [2.05, 4.69) is 5.32 Å². The predicted octanol–water partition coefficient (Wildman–Crippen LogP) is 5.14. The molecule has 0 spiro atoms. The van der Waals surface area contributed by atoms with Gasteiger partial charge in [-0.15, -0.1) is 0 Å². The summed E-state index contributed by atoms with van der Waals surface area (Å²) in [4.78, 5) is 28.7. The molecule has 0 radical (unpaired) electrons. The minimum Gasteiger partial charge on any atom is -0.350 e. The molecule has 3 aromatic carbocycles. The maximum absolute atomic E-state index is 14.0. The molecule has 0 fully saturated rings. The molecule has 1 unspecified atom stereocenters. The van der Waals surface area contributed by atoms with Crippen molar-refractivity contribution in [1.82, 2.24) is 10.2 Å². The van der Waals surface area contributed by atoms with E-state index in [1.807, 2.05) is 77.9 Å². The van der Waals surface area contributed by atoms with Gasteiger partial charge in [-0.25, -0.2) is 8.42 Å². The summed E-state index contributed by atoms with van der Waals surface area (Å²) < 4.78 is 29.0. The van der Waals surface area contributed by atoms with Crippen molar-refractivity contribution in [2.45, 2.75) is 71.5 Å². The lowest BCUT2D eigenvalue weighted by atomic mass is 10.1. The van der Waals surface area contributed by atoms with Crippen LogP contribution in [-0.2, 0) is 26.2 Å². The topological polar surface area (TPSA) is 86.8 Å². The second kappa shape index (κ2) is 12.0. The fourth-order valence-corrected chi connectivity index (χ4v) is 5.70. The molecule has 0 aliphatic rings. The average Bonchev–Trinajstić information content (AvgIpc) is 2.84. The normalized spacial score (nSPS) is 12.5. The monoisotopic (exact) mass is 549 g/mol. The van der Waals surface area contributed by atoms with Gasteiger partial charge in [-0.3, -0.25) is 13.9 Å². The quantitative estimate of drug-likeness (QED) is 0.401. The molecule has 7 nitrogen and oxygen atoms in total. The Morgan fingerprint density at radius 1 is 0.846 bits per heavy atom. The van der Waals surface area contributed by atoms with E-state index >= 15 is 0 Å². The predicted molar refractivity (Wildman–Crippen MR) is 156 cm³/mol. The van der Waals surface area contributed by atoms with Gasteiger partial charge in [0.2, 0.25) is 11.8 Å². The first-order chi connectivity index (χ1) is 18.2. The van der Waals surface area contributed by atoms with Gasteiger partial charge in [-0.05, 0) is 89.4 Å². The fraction of sp³-hybridized carbons (Fsp3) is 0.355. The van der Waals surface area contributed by atoms with E-state index in [1.165, 1.54) is 4.90 Å². The number of nitrogens with zero attached hydrogens (tertiary/aromatic N) is 2. The molecule has 0 saturated carbocycles. The van der Waals surface area contributed by atoms with Crippen LogP contribution in [0.1, 0.15) is 49.9 Å². The average molecular weight is 550 g/mol. The number of hydrogen-bond donors (Lipinski definition) is 1. The van der Waals surface area contributed by atoms with Gasteiger partial charge in [0.15, 0.2) is 0 Å². The van der Waals surface area contributed by atoms with E-state index in [1.54, 1.807) is 43.3 Å². The van der Waals surface area contributed by atoms with Crippen molar-refractivity contribution in [3.8, 4) is 0 Å². The number of benzene rings is 3. The summed E-state index contributed by atoms with van der Waals surface area (Å²) in [5.74, 6) is -0.795. The molecular formula is C31H39N3O4S. The smallest absolute Gasteiger partial charge is 0.264 e. The number of carbonyl (C=O) groups excluding carboxylic acids is 2. The third kappa shape index (κ3) is 7.93. The molecule has 2 amide bonds. The van der Waals surface area contributed by atoms with Crippen LogP contribution in [0.15, 0.2) is 77.7 Å². The van der Waals surface area contributed by atoms with Crippen molar-refractivity contribution in [3.05, 3.63) is 95.1 Å². The van der Waals surface area contributed by atoms with Crippen LogP contribution >= 0.6 is 0 Å². The van der Waals surface area contributed by atoms with Gasteiger partial charge in [0, 0.05) is 12.1 Å². The van der Waals surface area contributed by atoms with Crippen molar-refractivity contribution in [1.29, 1.82) is 0 Å². The van der Waals surface area contributed by atoms with Gasteiger partial charge < -0.3 is 10.2 Å². The van der Waals surface area contributed by atoms with Crippen molar-refractivity contribution in [2.75, 3.05) is 10.8 Å². The Morgan fingerprint density at radius 2 is 1.41 bits per heavy atom. The highest BCUT2D eigenvalue weighted by atomic mass is 32.2. The third-order valence-electron chi connectivity index (χ3n) is 6.24. The van der Waals surface area contributed by atoms with Gasteiger partial charge in [0.1, 0.15) is 12.6 Å². The number of aryl methyl sites for hydroxylation is 3. The molecule has 0 bridgehead atoms. The lowest BCUT2D eigenvalue weighted by molar-refractivity contribution is -0.140. The Hall–Kier alpha value is -3.65. The van der Waals surface area contributed by atoms with E-state index < -0.39 is 34.1 Å². The largest absolute Gasteiger partial charge is 0.350 e. The lowest BCUT2D eigenvalue weighted by Gasteiger charge is -2.33. The fourth-order valence-electron chi connectivity index (χ4n) is 4.30. The first kappa shape index (κ1) is 29.9. The maximum atomic E-state index is 14.0. The number of hydrogen-bond acceptors (Lipinski definition) is 4. The van der Waals surface area contributed by atoms with Crippen LogP contribution in [0.4, 0.5) is 5.69 Å². The van der Waals surface area contributed by atoms with Crippen LogP contribution in [0, 0.1) is 20.8 Å². The van der Waals surface area contributed by atoms with Gasteiger partial charge in [0.25, 0.3) is 10.0 Å². The maximum Gasteiger partial charge on any atom is 0.264 e. The molecule has 208 valence electrons. The summed E-state index contributed by atoms with van der Waals surface area (Å²) in [5, 5.41) is 2.94. The zero-order chi connectivity index (χ0) is 29.0. The van der Waals surface area contributed by atoms with Gasteiger partial charge >= 0.3 is 0 Å². The van der Waals surface area contributed by atoms with Crippen LogP contribution in [0.5, 0.6) is 0 Å². The van der Waals surface area contributed by atoms with Crippen LogP contribution in [0.3, 0.4) is 0 Å². The SMILES string of the molecule is Cc1ccc(S(=O)(=O)N(CC(=O)N(Cc2ccccc2)C(C)C(=O)NC(C)(C)C)c2cc(C)cc(C)c2)cc1. The number of nitrogens with one attached hydrogen (secondary N) is 1. The second-order valence-electron chi connectivity index (χ2n) is 11.1. The molecule has 0 aliphatic carbocycles. The van der Waals surface area contributed by atoms with Crippen molar-refractivity contribution < 1.29 is 18.0 Å². The number of anilines is 1. The molecular weight excluding hydrogens is 510 g/mol. The Kier molecular flexibility index (Phi) is 9.22. The summed E-state index contributed by atoms with van der Waals surface area (Å²) in [6.45, 7) is 12.6. The van der Waals surface area contributed by atoms with E-state index in [0.29, 0.717) is 5.69 Å². The zero-order valence-corrected chi connectivity index (χ0v) is 24.7. The Balaban J connectivity index is 2.06. The molecule has 8 heteroatoms. The first-order valence-electron chi connectivity index (χ1n) is 13.0. The molecule has 0 aromatic heterocycles. The van der Waals surface area contributed by atoms with Crippen LogP contribution in [0.25, 0.3) is 0 Å². The number of sulfonamides is 1. The summed E-state index contributed by atoms with van der Waals surface area (Å²) in [6.07, 6.45) is 0. The summed E-state index contributed by atoms with van der Waals surface area (Å²) >= 11 is 0. The first-order valence-corrected chi connectivity index (χ1v) is 14.4. The van der Waals surface area contributed by atoms with Gasteiger partial charge in [-0.1, -0.05) is 54.1 Å². The van der Waals surface area contributed by atoms with Gasteiger partial charge in [0.05, 0.1) is 10.6 Å². The number of amides is 2. The molecule has 3 rings (SSSR count). The van der Waals surface area contributed by atoms with Crippen LogP contribution in [-0.4, -0.2) is 43.3 Å². The second-order valence-corrected chi connectivity index (χ2v) is 13.0. The van der Waals surface area contributed by atoms with Crippen molar-refractivity contribution in [2.24, 2.45) is 0 Å². The van der Waals surface area contributed by atoms with E-state index in [9.17, 15) is 18.0 Å². The molecule has 1 N–H and O–H groups in total. The van der Waals surface area contributed by atoms with E-state index in [-0.39, 0.29) is 17.3 Å². The highest BCUT2D eigenvalue weighted by Crippen LogP contribution is 2.27. The molecule has 39 heavy (non-hydrogen) atoms. The van der Waals surface area contributed by atoms with E-state index in [0.717, 1.165) is 26.6 Å². The highest BCUT2D eigenvalue weighted by molar-refractivity contribution is 7.92. The van der Waals surface area contributed by atoms with Crippen LogP contribution in [0.2, 0.25) is 0 Å². The van der Waals surface area contributed by atoms with Crippen LogP contribution < -0.4 is 9.62 Å². The Morgan fingerprint density at radius 3 is 1.95 bits per heavy atom. The summed E-state index contributed by atoms with van der Waals surface area (Å²) in [6, 6.07) is 20.5. The minimum absolute atomic E-state index is 0.0909. The zero-order valence-electron chi connectivity index (χ0n) is 23.9. The number of rotatable bonds is 9. The molecule has 0 saturated heterocycles.